The van der Waals surface area contributed by atoms with Crippen molar-refractivity contribution in [3.63, 3.8) is 0 Å². The van der Waals surface area contributed by atoms with Crippen LogP contribution < -0.4 is 10.2 Å². The van der Waals surface area contributed by atoms with Crippen molar-refractivity contribution >= 4 is 23.3 Å². The van der Waals surface area contributed by atoms with Crippen molar-refractivity contribution in [2.75, 3.05) is 16.8 Å². The lowest BCUT2D eigenvalue weighted by Gasteiger charge is -2.21. The molecule has 5 rings (SSSR count). The van der Waals surface area contributed by atoms with Crippen LogP contribution in [0.3, 0.4) is 0 Å². The van der Waals surface area contributed by atoms with Crippen molar-refractivity contribution in [3.8, 4) is 17.2 Å². The summed E-state index contributed by atoms with van der Waals surface area (Å²) in [6.07, 6.45) is 0.333. The number of alkyl halides is 3. The highest BCUT2D eigenvalue weighted by atomic mass is 19.4. The number of amides is 2. The number of nitriles is 1. The van der Waals surface area contributed by atoms with E-state index < -0.39 is 23.1 Å². The van der Waals surface area contributed by atoms with E-state index in [0.29, 0.717) is 35.5 Å². The fourth-order valence-corrected chi connectivity index (χ4v) is 5.07. The number of rotatable bonds is 6. The number of carbonyl (C=O) groups is 2. The van der Waals surface area contributed by atoms with E-state index in [1.807, 2.05) is 0 Å². The third-order valence-corrected chi connectivity index (χ3v) is 7.07. The van der Waals surface area contributed by atoms with E-state index in [1.54, 1.807) is 37.2 Å². The van der Waals surface area contributed by atoms with E-state index in [4.69, 9.17) is 0 Å². The maximum Gasteiger partial charge on any atom is 0.416 e. The summed E-state index contributed by atoms with van der Waals surface area (Å²) in [4.78, 5) is 31.9. The number of aryl methyl sites for hydroxylation is 2. The van der Waals surface area contributed by atoms with Gasteiger partial charge in [-0.2, -0.15) is 23.5 Å². The van der Waals surface area contributed by atoms with Gasteiger partial charge < -0.3 is 10.2 Å². The van der Waals surface area contributed by atoms with Gasteiger partial charge in [0.15, 0.2) is 0 Å². The number of hydrogen-bond acceptors (Lipinski definition) is 5. The highest BCUT2D eigenvalue weighted by molar-refractivity contribution is 6.02. The second-order valence-corrected chi connectivity index (χ2v) is 9.96. The largest absolute Gasteiger partial charge is 0.416 e. The summed E-state index contributed by atoms with van der Waals surface area (Å²) in [6, 6.07) is 9.03. The van der Waals surface area contributed by atoms with E-state index in [0.717, 1.165) is 25.0 Å². The Morgan fingerprint density at radius 2 is 1.97 bits per heavy atom. The monoisotopic (exact) mass is 522 g/mol. The van der Waals surface area contributed by atoms with Gasteiger partial charge in [0.05, 0.1) is 24.3 Å². The van der Waals surface area contributed by atoms with Gasteiger partial charge in [-0.25, -0.2) is 4.98 Å². The molecule has 3 heterocycles. The molecule has 2 aromatic heterocycles. The van der Waals surface area contributed by atoms with Gasteiger partial charge >= 0.3 is 6.18 Å². The molecule has 11 heteroatoms. The summed E-state index contributed by atoms with van der Waals surface area (Å²) < 4.78 is 42.2. The fourth-order valence-electron chi connectivity index (χ4n) is 5.07. The van der Waals surface area contributed by atoms with Crippen LogP contribution >= 0.6 is 0 Å². The SMILES string of the molecule is Cc1cc(N2CC[C@@](C#N)(C3CC3)C2=O)cc(NC(=O)Cc2cc(-c3cnn(C)c3)cc(C(F)(F)F)c2)n1. The minimum absolute atomic E-state index is 0.0797. The lowest BCUT2D eigenvalue weighted by Crippen LogP contribution is -2.35. The molecule has 2 amide bonds. The Hall–Kier alpha value is -4.20. The van der Waals surface area contributed by atoms with Crippen LogP contribution in [-0.2, 0) is 29.2 Å². The standard InChI is InChI=1S/C27H25F3N6O2/c1-16-7-22(36-6-5-26(15-31,25(36)38)20-3-4-20)12-23(33-16)34-24(37)10-17-8-18(19-13-32-35(2)14-19)11-21(9-17)27(28,29)30/h7-9,11-14,20H,3-6,10H2,1-2H3,(H,33,34,37)/t26-/m1/s1. The third kappa shape index (κ3) is 4.86. The van der Waals surface area contributed by atoms with E-state index in [2.05, 4.69) is 21.5 Å². The van der Waals surface area contributed by atoms with E-state index in [-0.39, 0.29) is 29.6 Å². The molecule has 1 aliphatic carbocycles. The van der Waals surface area contributed by atoms with Crippen LogP contribution in [0.5, 0.6) is 0 Å². The van der Waals surface area contributed by atoms with Crippen LogP contribution in [0, 0.1) is 29.6 Å². The normalized spacial score (nSPS) is 19.5. The minimum Gasteiger partial charge on any atom is -0.311 e. The van der Waals surface area contributed by atoms with E-state index in [1.165, 1.54) is 16.9 Å². The van der Waals surface area contributed by atoms with Gasteiger partial charge in [-0.15, -0.1) is 0 Å². The maximum absolute atomic E-state index is 13.6. The lowest BCUT2D eigenvalue weighted by atomic mass is 9.83. The number of anilines is 2. The zero-order valence-electron chi connectivity index (χ0n) is 20.8. The Morgan fingerprint density at radius 3 is 2.61 bits per heavy atom. The molecule has 1 aromatic carbocycles. The summed E-state index contributed by atoms with van der Waals surface area (Å²) in [5.41, 5.74) is 0.188. The van der Waals surface area contributed by atoms with E-state index >= 15 is 0 Å². The Morgan fingerprint density at radius 1 is 1.21 bits per heavy atom. The number of nitrogens with one attached hydrogen (secondary N) is 1. The maximum atomic E-state index is 13.6. The molecule has 2 aliphatic rings. The molecule has 0 unspecified atom stereocenters. The molecular formula is C27H25F3N6O2. The number of hydrogen-bond donors (Lipinski definition) is 1. The van der Waals surface area contributed by atoms with Gasteiger partial charge in [-0.1, -0.05) is 6.07 Å². The fraction of sp³-hybridized carbons (Fsp3) is 0.370. The average Bonchev–Trinajstić information content (AvgIpc) is 3.52. The number of pyridine rings is 1. The zero-order chi connectivity index (χ0) is 27.2. The van der Waals surface area contributed by atoms with Crippen molar-refractivity contribution in [1.29, 1.82) is 5.26 Å². The van der Waals surface area contributed by atoms with E-state index in [9.17, 15) is 28.0 Å². The number of benzene rings is 1. The Kier molecular flexibility index (Phi) is 6.21. The first kappa shape index (κ1) is 25.4. The van der Waals surface area contributed by atoms with Crippen molar-refractivity contribution in [3.05, 3.63) is 59.5 Å². The first-order valence-electron chi connectivity index (χ1n) is 12.2. The predicted octanol–water partition coefficient (Wildman–Crippen LogP) is 4.65. The lowest BCUT2D eigenvalue weighted by molar-refractivity contribution is -0.137. The Labute approximate surface area is 217 Å². The molecule has 2 fully saturated rings. The first-order valence-corrected chi connectivity index (χ1v) is 12.2. The molecule has 1 N–H and O–H groups in total. The van der Waals surface area contributed by atoms with Crippen LogP contribution in [-0.4, -0.2) is 33.1 Å². The molecule has 0 bridgehead atoms. The van der Waals surface area contributed by atoms with Gasteiger partial charge in [0, 0.05) is 42.8 Å². The smallest absolute Gasteiger partial charge is 0.311 e. The molecule has 38 heavy (non-hydrogen) atoms. The topological polar surface area (TPSA) is 104 Å². The van der Waals surface area contributed by atoms with Crippen LogP contribution in [0.1, 0.15) is 36.1 Å². The Bertz CT molecular complexity index is 1470. The minimum atomic E-state index is -4.59. The van der Waals surface area contributed by atoms with Gasteiger partial charge in [0.25, 0.3) is 0 Å². The van der Waals surface area contributed by atoms with Gasteiger partial charge in [0.2, 0.25) is 11.8 Å². The average molecular weight is 523 g/mol. The second kappa shape index (κ2) is 9.28. The van der Waals surface area contributed by atoms with Gasteiger partial charge in [0.1, 0.15) is 11.2 Å². The molecular weight excluding hydrogens is 497 g/mol. The molecule has 0 spiro atoms. The van der Waals surface area contributed by atoms with Crippen LogP contribution in [0.25, 0.3) is 11.1 Å². The summed E-state index contributed by atoms with van der Waals surface area (Å²) in [5.74, 6) is -0.533. The van der Waals surface area contributed by atoms with Crippen molar-refractivity contribution in [2.45, 2.75) is 38.8 Å². The second-order valence-electron chi connectivity index (χ2n) is 9.96. The molecule has 8 nitrogen and oxygen atoms in total. The molecule has 1 saturated heterocycles. The summed E-state index contributed by atoms with van der Waals surface area (Å²) in [5, 5.41) is 16.4. The summed E-state index contributed by atoms with van der Waals surface area (Å²) in [6.45, 7) is 2.10. The first-order chi connectivity index (χ1) is 18.0. The number of aromatic nitrogens is 3. The van der Waals surface area contributed by atoms with Gasteiger partial charge in [-0.05, 0) is 61.4 Å². The molecule has 3 aromatic rings. The highest BCUT2D eigenvalue weighted by Gasteiger charge is 2.56. The molecule has 1 aliphatic heterocycles. The highest BCUT2D eigenvalue weighted by Crippen LogP contribution is 2.52. The summed E-state index contributed by atoms with van der Waals surface area (Å²) in [7, 11) is 1.66. The van der Waals surface area contributed by atoms with Crippen molar-refractivity contribution < 1.29 is 22.8 Å². The molecule has 196 valence electrons. The van der Waals surface area contributed by atoms with Crippen LogP contribution in [0.4, 0.5) is 24.7 Å². The summed E-state index contributed by atoms with van der Waals surface area (Å²) >= 11 is 0. The number of halogens is 3. The molecule has 1 atom stereocenters. The Balaban J connectivity index is 1.36. The molecule has 1 saturated carbocycles. The van der Waals surface area contributed by atoms with Gasteiger partial charge in [-0.3, -0.25) is 14.3 Å². The van der Waals surface area contributed by atoms with Crippen molar-refractivity contribution in [1.82, 2.24) is 14.8 Å². The third-order valence-electron chi connectivity index (χ3n) is 7.07. The quantitative estimate of drug-likeness (QED) is 0.508. The molecule has 0 radical (unpaired) electrons. The number of nitrogens with zero attached hydrogens (tertiary/aromatic N) is 5. The van der Waals surface area contributed by atoms with Crippen molar-refractivity contribution in [2.24, 2.45) is 18.4 Å². The zero-order valence-corrected chi connectivity index (χ0v) is 20.8. The predicted molar refractivity (Wildman–Crippen MR) is 133 cm³/mol. The van der Waals surface area contributed by atoms with Crippen LogP contribution in [0.2, 0.25) is 0 Å². The van der Waals surface area contributed by atoms with Crippen LogP contribution in [0.15, 0.2) is 42.7 Å². The number of carbonyl (C=O) groups excluding carboxylic acids is 2.